The van der Waals surface area contributed by atoms with Crippen LogP contribution in [0.5, 0.6) is 0 Å². The van der Waals surface area contributed by atoms with E-state index in [1.54, 1.807) is 0 Å². The molecule has 2 heteroatoms. The van der Waals surface area contributed by atoms with Crippen LogP contribution >= 0.6 is 0 Å². The number of rotatable bonds is 8. The van der Waals surface area contributed by atoms with Crippen molar-refractivity contribution in [2.45, 2.75) is 45.1 Å². The summed E-state index contributed by atoms with van der Waals surface area (Å²) in [7, 11) is 6.07. The van der Waals surface area contributed by atoms with E-state index in [2.05, 4.69) is 25.9 Å². The molecule has 13 heavy (non-hydrogen) atoms. The van der Waals surface area contributed by atoms with Crippen LogP contribution in [0.2, 0.25) is 0 Å². The van der Waals surface area contributed by atoms with Gasteiger partial charge >= 0.3 is 0 Å². The highest BCUT2D eigenvalue weighted by Gasteiger charge is 2.05. The van der Waals surface area contributed by atoms with Gasteiger partial charge in [-0.15, -0.1) is 0 Å². The predicted molar refractivity (Wildman–Crippen MR) is 58.1 cm³/mol. The quantitative estimate of drug-likeness (QED) is 0.579. The Morgan fingerprint density at radius 2 is 1.77 bits per heavy atom. The minimum Gasteiger partial charge on any atom is -0.381 e. The second kappa shape index (κ2) is 8.52. The summed E-state index contributed by atoms with van der Waals surface area (Å²) >= 11 is 0. The molecule has 0 N–H and O–H groups in total. The van der Waals surface area contributed by atoms with E-state index in [1.165, 1.54) is 38.6 Å². The molecule has 0 aliphatic rings. The number of hydrogen-bond acceptors (Lipinski definition) is 2. The Balaban J connectivity index is 3.36. The van der Waals surface area contributed by atoms with Gasteiger partial charge in [0.2, 0.25) is 0 Å². The second-order valence-corrected chi connectivity index (χ2v) is 3.95. The molecule has 1 atom stereocenters. The average molecular weight is 187 g/mol. The highest BCUT2D eigenvalue weighted by molar-refractivity contribution is 4.58. The minimum absolute atomic E-state index is 0.486. The minimum atomic E-state index is 0.486. The Kier molecular flexibility index (Phi) is 8.46. The first-order valence-corrected chi connectivity index (χ1v) is 5.38. The summed E-state index contributed by atoms with van der Waals surface area (Å²) < 4.78 is 5.42. The van der Waals surface area contributed by atoms with Crippen LogP contribution in [0.4, 0.5) is 0 Å². The fraction of sp³-hybridized carbons (Fsp3) is 1.00. The third-order valence-corrected chi connectivity index (χ3v) is 2.34. The lowest BCUT2D eigenvalue weighted by Gasteiger charge is -2.16. The molecule has 0 saturated carbocycles. The number of methoxy groups -OCH3 is 1. The van der Waals surface area contributed by atoms with Crippen molar-refractivity contribution >= 4 is 0 Å². The van der Waals surface area contributed by atoms with Gasteiger partial charge in [0.25, 0.3) is 0 Å². The highest BCUT2D eigenvalue weighted by Crippen LogP contribution is 2.10. The summed E-state index contributed by atoms with van der Waals surface area (Å²) in [5.41, 5.74) is 0. The van der Waals surface area contributed by atoms with Gasteiger partial charge in [-0.2, -0.15) is 0 Å². The molecule has 0 aromatic carbocycles. The smallest absolute Gasteiger partial charge is 0.0571 e. The molecule has 0 aliphatic carbocycles. The lowest BCUT2D eigenvalue weighted by atomic mass is 10.1. The maximum Gasteiger partial charge on any atom is 0.0571 e. The molecular formula is C11H25NO. The van der Waals surface area contributed by atoms with Gasteiger partial charge in [-0.1, -0.05) is 19.8 Å². The van der Waals surface area contributed by atoms with E-state index in [4.69, 9.17) is 4.74 Å². The standard InChI is InChI=1S/C11H25NO/c1-5-6-8-11(13-4)9-7-10-12(2)3/h11H,5-10H2,1-4H3/t11-/m0/s1. The third-order valence-electron chi connectivity index (χ3n) is 2.34. The van der Waals surface area contributed by atoms with Crippen molar-refractivity contribution in [3.63, 3.8) is 0 Å². The van der Waals surface area contributed by atoms with Crippen molar-refractivity contribution in [3.05, 3.63) is 0 Å². The van der Waals surface area contributed by atoms with Gasteiger partial charge in [0.15, 0.2) is 0 Å². The van der Waals surface area contributed by atoms with Gasteiger partial charge in [-0.25, -0.2) is 0 Å². The van der Waals surface area contributed by atoms with Crippen molar-refractivity contribution in [2.24, 2.45) is 0 Å². The summed E-state index contributed by atoms with van der Waals surface area (Å²) in [6.45, 7) is 3.40. The Morgan fingerprint density at radius 1 is 1.15 bits per heavy atom. The van der Waals surface area contributed by atoms with Crippen LogP contribution in [-0.2, 0) is 4.74 Å². The highest BCUT2D eigenvalue weighted by atomic mass is 16.5. The predicted octanol–water partition coefficient (Wildman–Crippen LogP) is 2.53. The van der Waals surface area contributed by atoms with Crippen LogP contribution in [-0.4, -0.2) is 38.8 Å². The molecule has 0 aromatic rings. The average Bonchev–Trinajstić information content (AvgIpc) is 2.10. The summed E-state index contributed by atoms with van der Waals surface area (Å²) in [6.07, 6.45) is 6.72. The molecule has 0 amide bonds. The van der Waals surface area contributed by atoms with Crippen LogP contribution in [0.3, 0.4) is 0 Å². The molecule has 0 heterocycles. The summed E-state index contributed by atoms with van der Waals surface area (Å²) in [4.78, 5) is 2.23. The molecule has 0 aromatic heterocycles. The molecule has 0 unspecified atom stereocenters. The van der Waals surface area contributed by atoms with E-state index >= 15 is 0 Å². The van der Waals surface area contributed by atoms with Crippen LogP contribution in [0, 0.1) is 0 Å². The summed E-state index contributed by atoms with van der Waals surface area (Å²) in [6, 6.07) is 0. The molecule has 0 radical (unpaired) electrons. The largest absolute Gasteiger partial charge is 0.381 e. The Labute approximate surface area is 83.3 Å². The molecule has 0 fully saturated rings. The van der Waals surface area contributed by atoms with Gasteiger partial charge in [0.05, 0.1) is 6.10 Å². The zero-order valence-electron chi connectivity index (χ0n) is 9.68. The number of ether oxygens (including phenoxy) is 1. The first kappa shape index (κ1) is 12.9. The van der Waals surface area contributed by atoms with Crippen molar-refractivity contribution in [3.8, 4) is 0 Å². The molecule has 0 bridgehead atoms. The maximum absolute atomic E-state index is 5.42. The van der Waals surface area contributed by atoms with Crippen molar-refractivity contribution in [2.75, 3.05) is 27.7 Å². The van der Waals surface area contributed by atoms with E-state index in [0.717, 1.165) is 0 Å². The normalized spacial score (nSPS) is 13.6. The van der Waals surface area contributed by atoms with Crippen LogP contribution in [0.1, 0.15) is 39.0 Å². The van der Waals surface area contributed by atoms with E-state index in [1.807, 2.05) is 7.11 Å². The van der Waals surface area contributed by atoms with E-state index in [9.17, 15) is 0 Å². The molecule has 0 spiro atoms. The van der Waals surface area contributed by atoms with Gasteiger partial charge in [0, 0.05) is 7.11 Å². The van der Waals surface area contributed by atoms with E-state index < -0.39 is 0 Å². The lowest BCUT2D eigenvalue weighted by Crippen LogP contribution is -2.17. The first-order chi connectivity index (χ1) is 6.20. The first-order valence-electron chi connectivity index (χ1n) is 5.38. The van der Waals surface area contributed by atoms with E-state index in [0.29, 0.717) is 6.10 Å². The zero-order valence-corrected chi connectivity index (χ0v) is 9.68. The van der Waals surface area contributed by atoms with E-state index in [-0.39, 0.29) is 0 Å². The van der Waals surface area contributed by atoms with Gasteiger partial charge in [0.1, 0.15) is 0 Å². The molecule has 0 aliphatic heterocycles. The SMILES string of the molecule is CCCC[C@@H](CCCN(C)C)OC. The molecular weight excluding hydrogens is 162 g/mol. The molecule has 0 saturated heterocycles. The van der Waals surface area contributed by atoms with Gasteiger partial charge < -0.3 is 9.64 Å². The number of hydrogen-bond donors (Lipinski definition) is 0. The molecule has 2 nitrogen and oxygen atoms in total. The van der Waals surface area contributed by atoms with Crippen LogP contribution in [0.25, 0.3) is 0 Å². The van der Waals surface area contributed by atoms with Crippen LogP contribution in [0.15, 0.2) is 0 Å². The van der Waals surface area contributed by atoms with Crippen molar-refractivity contribution < 1.29 is 4.74 Å². The molecule has 80 valence electrons. The Bertz CT molecular complexity index is 104. The van der Waals surface area contributed by atoms with Crippen molar-refractivity contribution in [1.82, 2.24) is 4.90 Å². The monoisotopic (exact) mass is 187 g/mol. The third kappa shape index (κ3) is 8.26. The lowest BCUT2D eigenvalue weighted by molar-refractivity contribution is 0.0825. The Hall–Kier alpha value is -0.0800. The van der Waals surface area contributed by atoms with Crippen molar-refractivity contribution in [1.29, 1.82) is 0 Å². The van der Waals surface area contributed by atoms with Crippen LogP contribution < -0.4 is 0 Å². The fourth-order valence-electron chi connectivity index (χ4n) is 1.45. The number of unbranched alkanes of at least 4 members (excludes halogenated alkanes) is 1. The Morgan fingerprint density at radius 3 is 2.23 bits per heavy atom. The second-order valence-electron chi connectivity index (χ2n) is 3.95. The zero-order chi connectivity index (χ0) is 10.1. The fourth-order valence-corrected chi connectivity index (χ4v) is 1.45. The summed E-state index contributed by atoms with van der Waals surface area (Å²) in [5, 5.41) is 0. The number of nitrogens with zero attached hydrogens (tertiary/aromatic N) is 1. The van der Waals surface area contributed by atoms with Gasteiger partial charge in [-0.3, -0.25) is 0 Å². The summed E-state index contributed by atoms with van der Waals surface area (Å²) in [5.74, 6) is 0. The maximum atomic E-state index is 5.42. The topological polar surface area (TPSA) is 12.5 Å². The molecule has 0 rings (SSSR count). The van der Waals surface area contributed by atoms with Gasteiger partial charge in [-0.05, 0) is 39.9 Å².